The van der Waals surface area contributed by atoms with Gasteiger partial charge < -0.3 is 9.47 Å². The number of hydrogen-bond acceptors (Lipinski definition) is 8. The molecule has 33 heavy (non-hydrogen) atoms. The Morgan fingerprint density at radius 3 is 2.73 bits per heavy atom. The number of hydrogen-bond donors (Lipinski definition) is 2. The zero-order chi connectivity index (χ0) is 23.8. The maximum Gasteiger partial charge on any atom is 0.270 e. The summed E-state index contributed by atoms with van der Waals surface area (Å²) in [6, 6.07) is 11.2. The first-order valence-electron chi connectivity index (χ1n) is 9.87. The molecule has 174 valence electrons. The van der Waals surface area contributed by atoms with E-state index in [0.717, 1.165) is 11.3 Å². The third-order valence-corrected chi connectivity index (χ3v) is 7.95. The smallest absolute Gasteiger partial charge is 0.270 e. The van der Waals surface area contributed by atoms with Crippen LogP contribution in [0, 0.1) is 0 Å². The van der Waals surface area contributed by atoms with Gasteiger partial charge in [0.25, 0.3) is 15.9 Å². The average molecular weight is 509 g/mol. The molecule has 0 aliphatic carbocycles. The number of ether oxygens (including phenoxy) is 2. The Labute approximate surface area is 200 Å². The monoisotopic (exact) mass is 508 g/mol. The van der Waals surface area contributed by atoms with Crippen LogP contribution in [-0.2, 0) is 10.0 Å². The van der Waals surface area contributed by atoms with Crippen molar-refractivity contribution in [1.29, 1.82) is 0 Å². The van der Waals surface area contributed by atoms with Crippen molar-refractivity contribution in [2.75, 3.05) is 12.4 Å². The van der Waals surface area contributed by atoms with Crippen LogP contribution in [0.3, 0.4) is 0 Å². The van der Waals surface area contributed by atoms with E-state index >= 15 is 0 Å². The highest BCUT2D eigenvalue weighted by Gasteiger charge is 2.37. The maximum atomic E-state index is 13.1. The second-order valence-electron chi connectivity index (χ2n) is 7.95. The van der Waals surface area contributed by atoms with E-state index in [4.69, 9.17) is 21.1 Å². The number of sulfonamides is 1. The molecule has 0 spiro atoms. The van der Waals surface area contributed by atoms with Crippen LogP contribution in [0.4, 0.5) is 5.13 Å². The molecule has 0 saturated carbocycles. The predicted molar refractivity (Wildman–Crippen MR) is 125 cm³/mol. The van der Waals surface area contributed by atoms with Crippen molar-refractivity contribution in [3.63, 3.8) is 0 Å². The Hall–Kier alpha value is -2.73. The number of benzene rings is 2. The first kappa shape index (κ1) is 23.4. The van der Waals surface area contributed by atoms with Crippen LogP contribution >= 0.6 is 22.9 Å². The van der Waals surface area contributed by atoms with Gasteiger partial charge in [0.15, 0.2) is 0 Å². The SMILES string of the molecule is COc1ccc2c(c1)[C@@H](NS(=O)(=O)c1nnc(NC(=O)c3ccccc3Cl)s1)CC(C)(C)O2. The molecule has 2 N–H and O–H groups in total. The van der Waals surface area contributed by atoms with E-state index in [1.165, 1.54) is 7.11 Å². The van der Waals surface area contributed by atoms with Gasteiger partial charge in [0.2, 0.25) is 9.47 Å². The van der Waals surface area contributed by atoms with Gasteiger partial charge in [-0.2, -0.15) is 0 Å². The summed E-state index contributed by atoms with van der Waals surface area (Å²) in [6.45, 7) is 3.77. The van der Waals surface area contributed by atoms with Crippen LogP contribution in [0.15, 0.2) is 46.8 Å². The highest BCUT2D eigenvalue weighted by atomic mass is 35.5. The van der Waals surface area contributed by atoms with Crippen LogP contribution in [0.1, 0.15) is 42.2 Å². The molecule has 0 radical (unpaired) electrons. The lowest BCUT2D eigenvalue weighted by molar-refractivity contribution is 0.0700. The fourth-order valence-corrected chi connectivity index (χ4v) is 5.83. The molecule has 12 heteroatoms. The van der Waals surface area contributed by atoms with Gasteiger partial charge in [-0.1, -0.05) is 35.1 Å². The Morgan fingerprint density at radius 2 is 2.00 bits per heavy atom. The summed E-state index contributed by atoms with van der Waals surface area (Å²) < 4.78 is 39.9. The molecule has 1 aliphatic rings. The van der Waals surface area contributed by atoms with E-state index in [1.807, 2.05) is 13.8 Å². The largest absolute Gasteiger partial charge is 0.497 e. The summed E-state index contributed by atoms with van der Waals surface area (Å²) in [5, 5.41) is 10.4. The van der Waals surface area contributed by atoms with E-state index in [9.17, 15) is 13.2 Å². The Morgan fingerprint density at radius 1 is 1.24 bits per heavy atom. The van der Waals surface area contributed by atoms with Gasteiger partial charge in [-0.05, 0) is 44.2 Å². The summed E-state index contributed by atoms with van der Waals surface area (Å²) in [5.74, 6) is 0.646. The number of amides is 1. The van der Waals surface area contributed by atoms with Gasteiger partial charge in [0.1, 0.15) is 17.1 Å². The van der Waals surface area contributed by atoms with Gasteiger partial charge in [0.05, 0.1) is 23.7 Å². The topological polar surface area (TPSA) is 120 Å². The highest BCUT2D eigenvalue weighted by Crippen LogP contribution is 2.42. The molecule has 2 aromatic carbocycles. The minimum Gasteiger partial charge on any atom is -0.497 e. The first-order valence-corrected chi connectivity index (χ1v) is 12.5. The third kappa shape index (κ3) is 5.11. The minimum atomic E-state index is -4.04. The second-order valence-corrected chi connectivity index (χ2v) is 11.2. The lowest BCUT2D eigenvalue weighted by Gasteiger charge is -2.37. The molecule has 0 fully saturated rings. The first-order chi connectivity index (χ1) is 15.6. The molecular formula is C21H21ClN4O5S2. The predicted octanol–water partition coefficient (Wildman–Crippen LogP) is 4.03. The molecule has 2 heterocycles. The van der Waals surface area contributed by atoms with Crippen molar-refractivity contribution < 1.29 is 22.7 Å². The van der Waals surface area contributed by atoms with Crippen molar-refractivity contribution in [2.45, 2.75) is 36.3 Å². The Kier molecular flexibility index (Phi) is 6.32. The van der Waals surface area contributed by atoms with E-state index in [1.54, 1.807) is 42.5 Å². The number of nitrogens with zero attached hydrogens (tertiary/aromatic N) is 2. The fourth-order valence-electron chi connectivity index (χ4n) is 3.48. The molecule has 4 rings (SSSR count). The quantitative estimate of drug-likeness (QED) is 0.482. The molecule has 1 aromatic heterocycles. The van der Waals surface area contributed by atoms with Crippen molar-refractivity contribution in [2.24, 2.45) is 0 Å². The molecular weight excluding hydrogens is 488 g/mol. The molecule has 0 bridgehead atoms. The summed E-state index contributed by atoms with van der Waals surface area (Å²) in [7, 11) is -2.50. The van der Waals surface area contributed by atoms with Crippen molar-refractivity contribution in [3.05, 3.63) is 58.6 Å². The van der Waals surface area contributed by atoms with Crippen LogP contribution in [0.5, 0.6) is 11.5 Å². The molecule has 1 atom stereocenters. The molecule has 0 unspecified atom stereocenters. The highest BCUT2D eigenvalue weighted by molar-refractivity contribution is 7.91. The average Bonchev–Trinajstić information content (AvgIpc) is 3.22. The van der Waals surface area contributed by atoms with Crippen molar-refractivity contribution in [1.82, 2.24) is 14.9 Å². The lowest BCUT2D eigenvalue weighted by Crippen LogP contribution is -2.41. The molecule has 1 aliphatic heterocycles. The van der Waals surface area contributed by atoms with Crippen LogP contribution in [-0.4, -0.2) is 37.2 Å². The standard InChI is InChI=1S/C21H21ClN4O5S2/c1-21(2)11-16(14-10-12(30-3)8-9-17(14)31-21)26-33(28,29)20-25-24-19(32-20)23-18(27)13-6-4-5-7-15(13)22/h4-10,16,26H,11H2,1-3H3,(H,23,24,27)/t16-/m0/s1. The Bertz CT molecular complexity index is 1310. The van der Waals surface area contributed by atoms with Gasteiger partial charge in [-0.3, -0.25) is 10.1 Å². The Balaban J connectivity index is 1.56. The van der Waals surface area contributed by atoms with Gasteiger partial charge in [-0.15, -0.1) is 10.2 Å². The van der Waals surface area contributed by atoms with Gasteiger partial charge in [0, 0.05) is 12.0 Å². The number of halogens is 1. The molecule has 1 amide bonds. The number of methoxy groups -OCH3 is 1. The number of carbonyl (C=O) groups excluding carboxylic acids is 1. The number of nitrogens with one attached hydrogen (secondary N) is 2. The zero-order valence-corrected chi connectivity index (χ0v) is 20.3. The number of carbonyl (C=O) groups is 1. The van der Waals surface area contributed by atoms with Gasteiger partial charge in [-0.25, -0.2) is 13.1 Å². The van der Waals surface area contributed by atoms with E-state index < -0.39 is 27.6 Å². The summed E-state index contributed by atoms with van der Waals surface area (Å²) in [6.07, 6.45) is 0.390. The third-order valence-electron chi connectivity index (χ3n) is 4.95. The van der Waals surface area contributed by atoms with Crippen LogP contribution < -0.4 is 19.5 Å². The summed E-state index contributed by atoms with van der Waals surface area (Å²) in [5.41, 5.74) is 0.310. The minimum absolute atomic E-state index is 0.0367. The lowest BCUT2D eigenvalue weighted by atomic mass is 9.90. The van der Waals surface area contributed by atoms with Crippen molar-refractivity contribution in [3.8, 4) is 11.5 Å². The number of anilines is 1. The maximum absolute atomic E-state index is 13.1. The van der Waals surface area contributed by atoms with Crippen LogP contribution in [0.25, 0.3) is 0 Å². The summed E-state index contributed by atoms with van der Waals surface area (Å²) >= 11 is 6.78. The van der Waals surface area contributed by atoms with Gasteiger partial charge >= 0.3 is 0 Å². The molecule has 3 aromatic rings. The van der Waals surface area contributed by atoms with E-state index in [2.05, 4.69) is 20.2 Å². The van der Waals surface area contributed by atoms with Crippen molar-refractivity contribution >= 4 is 44.0 Å². The van der Waals surface area contributed by atoms with E-state index in [-0.39, 0.29) is 20.1 Å². The normalized spacial score (nSPS) is 17.0. The zero-order valence-electron chi connectivity index (χ0n) is 18.0. The number of rotatable bonds is 6. The molecule has 9 nitrogen and oxygen atoms in total. The van der Waals surface area contributed by atoms with E-state index in [0.29, 0.717) is 23.5 Å². The number of aromatic nitrogens is 2. The molecule has 0 saturated heterocycles. The summed E-state index contributed by atoms with van der Waals surface area (Å²) in [4.78, 5) is 12.4. The number of fused-ring (bicyclic) bond motifs is 1. The van der Waals surface area contributed by atoms with Crippen LogP contribution in [0.2, 0.25) is 5.02 Å². The second kappa shape index (κ2) is 8.90. The fraction of sp³-hybridized carbons (Fsp3) is 0.286.